The lowest BCUT2D eigenvalue weighted by Crippen LogP contribution is -2.33. The van der Waals surface area contributed by atoms with Gasteiger partial charge in [0.25, 0.3) is 0 Å². The molecule has 0 fully saturated rings. The molecule has 3 heteroatoms. The number of hydrogen-bond donors (Lipinski definition) is 0. The first kappa shape index (κ1) is 13.8. The first-order valence-corrected chi connectivity index (χ1v) is 7.37. The van der Waals surface area contributed by atoms with E-state index in [1.165, 1.54) is 31.0 Å². The van der Waals surface area contributed by atoms with Crippen LogP contribution in [0.25, 0.3) is 0 Å². The second kappa shape index (κ2) is 9.35. The normalized spacial score (nSPS) is 11.5. The van der Waals surface area contributed by atoms with Crippen LogP contribution in [0, 0.1) is 0 Å². The Morgan fingerprint density at radius 3 is 2.46 bits per heavy atom. The van der Waals surface area contributed by atoms with Crippen LogP contribution in [-0.4, -0.2) is 40.9 Å². The molecule has 0 radical (unpaired) electrons. The molecule has 0 heterocycles. The Bertz CT molecular complexity index is 109. The van der Waals surface area contributed by atoms with E-state index in [0.717, 1.165) is 5.33 Å². The van der Waals surface area contributed by atoms with Gasteiger partial charge in [-0.3, -0.25) is 0 Å². The topological polar surface area (TPSA) is 3.24 Å². The monoisotopic (exact) mass is 267 g/mol. The summed E-state index contributed by atoms with van der Waals surface area (Å²) in [4.78, 5) is 2.53. The highest BCUT2D eigenvalue weighted by Gasteiger charge is 2.06. The van der Waals surface area contributed by atoms with Crippen LogP contribution in [0.15, 0.2) is 0 Å². The van der Waals surface area contributed by atoms with E-state index in [1.807, 2.05) is 11.8 Å². The highest BCUT2D eigenvalue weighted by molar-refractivity contribution is 9.09. The Balaban J connectivity index is 3.45. The third-order valence-electron chi connectivity index (χ3n) is 2.04. The summed E-state index contributed by atoms with van der Waals surface area (Å²) < 4.78 is 0. The van der Waals surface area contributed by atoms with Crippen molar-refractivity contribution in [1.82, 2.24) is 4.90 Å². The molecule has 0 amide bonds. The van der Waals surface area contributed by atoms with Gasteiger partial charge in [-0.05, 0) is 38.3 Å². The average Bonchev–Trinajstić information content (AvgIpc) is 2.10. The maximum atomic E-state index is 3.49. The zero-order valence-corrected chi connectivity index (χ0v) is 11.5. The van der Waals surface area contributed by atoms with Crippen molar-refractivity contribution in [1.29, 1.82) is 0 Å². The quantitative estimate of drug-likeness (QED) is 0.491. The summed E-state index contributed by atoms with van der Waals surface area (Å²) in [5.41, 5.74) is 0. The predicted molar refractivity (Wildman–Crippen MR) is 68.1 cm³/mol. The summed E-state index contributed by atoms with van der Waals surface area (Å²) in [6, 6.07) is 0.684. The van der Waals surface area contributed by atoms with Crippen LogP contribution in [0.3, 0.4) is 0 Å². The van der Waals surface area contributed by atoms with Crippen LogP contribution < -0.4 is 0 Å². The molecule has 1 nitrogen and oxygen atoms in total. The molecule has 13 heavy (non-hydrogen) atoms. The smallest absolute Gasteiger partial charge is 0.0159 e. The van der Waals surface area contributed by atoms with Gasteiger partial charge in [0.1, 0.15) is 0 Å². The molecule has 0 aromatic rings. The summed E-state index contributed by atoms with van der Waals surface area (Å²) in [5, 5.41) is 1.09. The molecule has 80 valence electrons. The van der Waals surface area contributed by atoms with Crippen molar-refractivity contribution in [2.24, 2.45) is 0 Å². The van der Waals surface area contributed by atoms with E-state index in [2.05, 4.69) is 41.6 Å². The van der Waals surface area contributed by atoms with Crippen molar-refractivity contribution in [2.45, 2.75) is 33.2 Å². The van der Waals surface area contributed by atoms with Gasteiger partial charge in [-0.25, -0.2) is 0 Å². The fourth-order valence-corrected chi connectivity index (χ4v) is 2.33. The molecule has 0 aromatic carbocycles. The SMILES string of the molecule is CCSCCCN(CCBr)C(C)C. The first-order valence-electron chi connectivity index (χ1n) is 5.10. The first-order chi connectivity index (χ1) is 6.22. The standard InChI is InChI=1S/C10H22BrNS/c1-4-13-9-5-7-12(8-6-11)10(2)3/h10H,4-9H2,1-3H3. The second-order valence-electron chi connectivity index (χ2n) is 3.37. The van der Waals surface area contributed by atoms with Gasteiger partial charge in [-0.2, -0.15) is 11.8 Å². The molecule has 0 unspecified atom stereocenters. The Labute approximate surface area is 95.8 Å². The van der Waals surface area contributed by atoms with Crippen LogP contribution >= 0.6 is 27.7 Å². The van der Waals surface area contributed by atoms with E-state index >= 15 is 0 Å². The van der Waals surface area contributed by atoms with E-state index in [0.29, 0.717) is 6.04 Å². The maximum absolute atomic E-state index is 3.49. The highest BCUT2D eigenvalue weighted by atomic mass is 79.9. The molecular formula is C10H22BrNS. The number of alkyl halides is 1. The lowest BCUT2D eigenvalue weighted by atomic mass is 10.3. The van der Waals surface area contributed by atoms with E-state index in [-0.39, 0.29) is 0 Å². The molecule has 0 saturated carbocycles. The van der Waals surface area contributed by atoms with Crippen LogP contribution in [0.5, 0.6) is 0 Å². The van der Waals surface area contributed by atoms with Crippen molar-refractivity contribution < 1.29 is 0 Å². The number of halogens is 1. The molecule has 0 saturated heterocycles. The summed E-state index contributed by atoms with van der Waals surface area (Å²) in [6.45, 7) is 9.19. The molecule has 0 aliphatic rings. The third kappa shape index (κ3) is 7.83. The molecule has 0 aliphatic carbocycles. The summed E-state index contributed by atoms with van der Waals surface area (Å²) >= 11 is 5.54. The zero-order chi connectivity index (χ0) is 10.1. The Morgan fingerprint density at radius 1 is 1.31 bits per heavy atom. The van der Waals surface area contributed by atoms with Gasteiger partial charge in [-0.15, -0.1) is 0 Å². The van der Waals surface area contributed by atoms with Gasteiger partial charge in [0.2, 0.25) is 0 Å². The highest BCUT2D eigenvalue weighted by Crippen LogP contribution is 2.05. The van der Waals surface area contributed by atoms with Crippen molar-refractivity contribution in [3.8, 4) is 0 Å². The summed E-state index contributed by atoms with van der Waals surface area (Å²) in [5.74, 6) is 2.56. The van der Waals surface area contributed by atoms with Crippen LogP contribution in [-0.2, 0) is 0 Å². The molecule has 0 bridgehead atoms. The van der Waals surface area contributed by atoms with E-state index in [4.69, 9.17) is 0 Å². The summed E-state index contributed by atoms with van der Waals surface area (Å²) in [6.07, 6.45) is 1.32. The number of hydrogen-bond acceptors (Lipinski definition) is 2. The predicted octanol–water partition coefficient (Wildman–Crippen LogP) is 3.23. The minimum atomic E-state index is 0.684. The minimum absolute atomic E-state index is 0.684. The van der Waals surface area contributed by atoms with E-state index in [9.17, 15) is 0 Å². The third-order valence-corrected chi connectivity index (χ3v) is 3.38. The summed E-state index contributed by atoms with van der Waals surface area (Å²) in [7, 11) is 0. The average molecular weight is 268 g/mol. The van der Waals surface area contributed by atoms with Gasteiger partial charge in [-0.1, -0.05) is 22.9 Å². The van der Waals surface area contributed by atoms with Gasteiger partial charge in [0.05, 0.1) is 0 Å². The van der Waals surface area contributed by atoms with Crippen LogP contribution in [0.1, 0.15) is 27.2 Å². The second-order valence-corrected chi connectivity index (χ2v) is 5.56. The molecule has 0 rings (SSSR count). The van der Waals surface area contributed by atoms with Gasteiger partial charge in [0, 0.05) is 17.9 Å². The Kier molecular flexibility index (Phi) is 9.92. The largest absolute Gasteiger partial charge is 0.300 e. The Morgan fingerprint density at radius 2 is 2.00 bits per heavy atom. The molecule has 0 atom stereocenters. The van der Waals surface area contributed by atoms with Crippen molar-refractivity contribution in [2.75, 3.05) is 29.9 Å². The lowest BCUT2D eigenvalue weighted by molar-refractivity contribution is 0.237. The van der Waals surface area contributed by atoms with Crippen molar-refractivity contribution >= 4 is 27.7 Å². The number of rotatable bonds is 8. The number of thioether (sulfide) groups is 1. The van der Waals surface area contributed by atoms with Crippen molar-refractivity contribution in [3.05, 3.63) is 0 Å². The van der Waals surface area contributed by atoms with E-state index < -0.39 is 0 Å². The lowest BCUT2D eigenvalue weighted by Gasteiger charge is -2.25. The minimum Gasteiger partial charge on any atom is -0.300 e. The fourth-order valence-electron chi connectivity index (χ4n) is 1.25. The fraction of sp³-hybridized carbons (Fsp3) is 1.00. The molecule has 0 spiro atoms. The van der Waals surface area contributed by atoms with Crippen LogP contribution in [0.2, 0.25) is 0 Å². The molecular weight excluding hydrogens is 246 g/mol. The van der Waals surface area contributed by atoms with Gasteiger partial charge in [0.15, 0.2) is 0 Å². The van der Waals surface area contributed by atoms with Gasteiger partial charge < -0.3 is 4.90 Å². The molecule has 0 aliphatic heterocycles. The molecule has 0 N–H and O–H groups in total. The van der Waals surface area contributed by atoms with Gasteiger partial charge >= 0.3 is 0 Å². The van der Waals surface area contributed by atoms with E-state index in [1.54, 1.807) is 0 Å². The number of nitrogens with zero attached hydrogens (tertiary/aromatic N) is 1. The molecule has 0 aromatic heterocycles. The Hall–Kier alpha value is 0.790. The zero-order valence-electron chi connectivity index (χ0n) is 9.05. The maximum Gasteiger partial charge on any atom is 0.0159 e. The van der Waals surface area contributed by atoms with Crippen LogP contribution in [0.4, 0.5) is 0 Å². The van der Waals surface area contributed by atoms with Crippen molar-refractivity contribution in [3.63, 3.8) is 0 Å².